The molecular formula is C16H30N2OS. The Morgan fingerprint density at radius 2 is 2.10 bits per heavy atom. The van der Waals surface area contributed by atoms with Crippen LogP contribution in [-0.4, -0.2) is 29.3 Å². The third-order valence-electron chi connectivity index (χ3n) is 2.94. The molecule has 0 fully saturated rings. The van der Waals surface area contributed by atoms with Crippen LogP contribution in [0.2, 0.25) is 0 Å². The van der Waals surface area contributed by atoms with Gasteiger partial charge in [-0.25, -0.2) is 0 Å². The van der Waals surface area contributed by atoms with Gasteiger partial charge in [0.05, 0.1) is 0 Å². The summed E-state index contributed by atoms with van der Waals surface area (Å²) in [6.07, 6.45) is 8.20. The van der Waals surface area contributed by atoms with E-state index in [4.69, 9.17) is 0 Å². The van der Waals surface area contributed by atoms with Gasteiger partial charge in [-0.3, -0.25) is 10.6 Å². The maximum Gasteiger partial charge on any atom is 0.161 e. The Balaban J connectivity index is 4.66. The fraction of sp³-hybridized carbons (Fsp3) is 0.625. The maximum atomic E-state index is 9.84. The number of aliphatic hydroxyl groups excluding tert-OH is 1. The van der Waals surface area contributed by atoms with E-state index in [1.54, 1.807) is 6.08 Å². The normalized spacial score (nSPS) is 16.4. The first-order valence-electron chi connectivity index (χ1n) is 7.18. The van der Waals surface area contributed by atoms with E-state index in [0.29, 0.717) is 5.92 Å². The van der Waals surface area contributed by atoms with Crippen molar-refractivity contribution in [2.45, 2.75) is 46.0 Å². The zero-order chi connectivity index (χ0) is 15.6. The number of aliphatic hydroxyl groups is 1. The molecule has 0 aliphatic carbocycles. The molecule has 0 aromatic heterocycles. The van der Waals surface area contributed by atoms with E-state index < -0.39 is 6.35 Å². The number of hydrogen-bond donors (Lipinski definition) is 4. The van der Waals surface area contributed by atoms with Crippen molar-refractivity contribution in [3.05, 3.63) is 36.5 Å². The fourth-order valence-corrected chi connectivity index (χ4v) is 1.87. The molecule has 20 heavy (non-hydrogen) atoms. The van der Waals surface area contributed by atoms with Crippen LogP contribution >= 0.6 is 12.6 Å². The Hall–Kier alpha value is -0.550. The highest BCUT2D eigenvalue weighted by molar-refractivity contribution is 7.80. The second-order valence-corrected chi connectivity index (χ2v) is 5.91. The molecule has 0 heterocycles. The second kappa shape index (κ2) is 10.2. The van der Waals surface area contributed by atoms with Crippen LogP contribution in [0.3, 0.4) is 0 Å². The Morgan fingerprint density at radius 1 is 1.45 bits per heavy atom. The van der Waals surface area contributed by atoms with Crippen molar-refractivity contribution in [1.82, 2.24) is 10.6 Å². The van der Waals surface area contributed by atoms with E-state index in [-0.39, 0.29) is 5.54 Å². The molecule has 2 atom stereocenters. The standard InChI is InChI=1S/C16H30N2OS/c1-6-8-14(13(3)12-20)9-10-16(4,5)18-15(19)17-11-7-2/h6,8-10,13,15,17-20H,1,7,11-12H2,2-5H3/b10-9+,14-8+. The van der Waals surface area contributed by atoms with E-state index in [2.05, 4.69) is 55.8 Å². The molecule has 0 aliphatic rings. The smallest absolute Gasteiger partial charge is 0.161 e. The fourth-order valence-electron chi connectivity index (χ4n) is 1.66. The van der Waals surface area contributed by atoms with Crippen LogP contribution in [0.15, 0.2) is 36.5 Å². The lowest BCUT2D eigenvalue weighted by atomic mass is 9.97. The van der Waals surface area contributed by atoms with Crippen LogP contribution in [0.5, 0.6) is 0 Å². The topological polar surface area (TPSA) is 44.3 Å². The van der Waals surface area contributed by atoms with E-state index in [1.807, 2.05) is 19.9 Å². The van der Waals surface area contributed by atoms with Crippen LogP contribution in [-0.2, 0) is 0 Å². The van der Waals surface area contributed by atoms with Gasteiger partial charge < -0.3 is 5.11 Å². The van der Waals surface area contributed by atoms with Crippen LogP contribution in [0.1, 0.15) is 34.1 Å². The van der Waals surface area contributed by atoms with E-state index >= 15 is 0 Å². The van der Waals surface area contributed by atoms with Crippen molar-refractivity contribution in [2.24, 2.45) is 5.92 Å². The van der Waals surface area contributed by atoms with Crippen molar-refractivity contribution >= 4 is 12.6 Å². The predicted molar refractivity (Wildman–Crippen MR) is 92.0 cm³/mol. The number of allylic oxidation sites excluding steroid dienone is 4. The number of thiol groups is 1. The van der Waals surface area contributed by atoms with Gasteiger partial charge in [-0.15, -0.1) is 0 Å². The first kappa shape index (κ1) is 19.4. The van der Waals surface area contributed by atoms with Gasteiger partial charge in [0.15, 0.2) is 6.35 Å². The lowest BCUT2D eigenvalue weighted by Crippen LogP contribution is -2.51. The average molecular weight is 298 g/mol. The zero-order valence-electron chi connectivity index (χ0n) is 13.2. The van der Waals surface area contributed by atoms with Gasteiger partial charge in [0.1, 0.15) is 0 Å². The van der Waals surface area contributed by atoms with E-state index in [0.717, 1.165) is 18.7 Å². The lowest BCUT2D eigenvalue weighted by Gasteiger charge is -2.27. The van der Waals surface area contributed by atoms with Gasteiger partial charge in [-0.2, -0.15) is 12.6 Å². The maximum absolute atomic E-state index is 9.84. The minimum absolute atomic E-state index is 0.309. The van der Waals surface area contributed by atoms with Crippen molar-refractivity contribution < 1.29 is 5.11 Å². The highest BCUT2D eigenvalue weighted by atomic mass is 32.1. The molecule has 0 bridgehead atoms. The number of rotatable bonds is 10. The van der Waals surface area contributed by atoms with Gasteiger partial charge in [0.2, 0.25) is 0 Å². The molecule has 0 amide bonds. The molecule has 0 aromatic carbocycles. The molecule has 0 radical (unpaired) electrons. The Labute approximate surface area is 129 Å². The summed E-state index contributed by atoms with van der Waals surface area (Å²) < 4.78 is 0. The largest absolute Gasteiger partial charge is 0.365 e. The Morgan fingerprint density at radius 3 is 2.60 bits per heavy atom. The molecule has 0 saturated carbocycles. The van der Waals surface area contributed by atoms with Crippen molar-refractivity contribution in [1.29, 1.82) is 0 Å². The molecule has 0 aromatic rings. The summed E-state index contributed by atoms with van der Waals surface area (Å²) in [6, 6.07) is 0. The molecule has 0 saturated heterocycles. The van der Waals surface area contributed by atoms with Crippen LogP contribution in [0, 0.1) is 5.92 Å². The summed E-state index contributed by atoms with van der Waals surface area (Å²) in [7, 11) is 0. The van der Waals surface area contributed by atoms with E-state index in [9.17, 15) is 5.11 Å². The Bertz CT molecular complexity index is 337. The molecule has 3 nitrogen and oxygen atoms in total. The highest BCUT2D eigenvalue weighted by Crippen LogP contribution is 2.16. The van der Waals surface area contributed by atoms with Crippen LogP contribution in [0.25, 0.3) is 0 Å². The number of hydrogen-bond acceptors (Lipinski definition) is 4. The third-order valence-corrected chi connectivity index (χ3v) is 3.49. The zero-order valence-corrected chi connectivity index (χ0v) is 14.1. The van der Waals surface area contributed by atoms with Gasteiger partial charge in [0.25, 0.3) is 0 Å². The molecule has 0 aliphatic heterocycles. The molecule has 116 valence electrons. The minimum Gasteiger partial charge on any atom is -0.365 e. The average Bonchev–Trinajstić information content (AvgIpc) is 2.39. The summed E-state index contributed by atoms with van der Waals surface area (Å²) in [5.74, 6) is 1.16. The minimum atomic E-state index is -0.705. The summed E-state index contributed by atoms with van der Waals surface area (Å²) in [4.78, 5) is 0. The Kier molecular flexibility index (Phi) is 9.94. The first-order valence-corrected chi connectivity index (χ1v) is 7.81. The molecule has 0 spiro atoms. The summed E-state index contributed by atoms with van der Waals surface area (Å²) in [6.45, 7) is 12.8. The highest BCUT2D eigenvalue weighted by Gasteiger charge is 2.17. The van der Waals surface area contributed by atoms with Gasteiger partial charge >= 0.3 is 0 Å². The molecule has 3 N–H and O–H groups in total. The van der Waals surface area contributed by atoms with Crippen molar-refractivity contribution in [3.8, 4) is 0 Å². The molecule has 4 heteroatoms. The molecule has 2 unspecified atom stereocenters. The summed E-state index contributed by atoms with van der Waals surface area (Å²) in [5.41, 5.74) is 0.873. The van der Waals surface area contributed by atoms with Crippen LogP contribution < -0.4 is 10.6 Å². The predicted octanol–water partition coefficient (Wildman–Crippen LogP) is 2.86. The van der Waals surface area contributed by atoms with Crippen LogP contribution in [0.4, 0.5) is 0 Å². The number of nitrogens with one attached hydrogen (secondary N) is 2. The van der Waals surface area contributed by atoms with E-state index in [1.165, 1.54) is 5.57 Å². The quantitative estimate of drug-likeness (QED) is 0.285. The van der Waals surface area contributed by atoms with Crippen molar-refractivity contribution in [2.75, 3.05) is 12.3 Å². The third kappa shape index (κ3) is 8.59. The SMILES string of the molecule is C=C/C=C(\C=C\C(C)(C)NC(O)NCCC)C(C)CS. The van der Waals surface area contributed by atoms with Gasteiger partial charge in [-0.1, -0.05) is 44.7 Å². The second-order valence-electron chi connectivity index (χ2n) is 5.54. The summed E-state index contributed by atoms with van der Waals surface area (Å²) in [5, 5.41) is 16.0. The monoisotopic (exact) mass is 298 g/mol. The first-order chi connectivity index (χ1) is 9.36. The molecular weight excluding hydrogens is 268 g/mol. The summed E-state index contributed by atoms with van der Waals surface area (Å²) >= 11 is 4.33. The van der Waals surface area contributed by atoms with Gasteiger partial charge in [-0.05, 0) is 44.1 Å². The lowest BCUT2D eigenvalue weighted by molar-refractivity contribution is 0.0806. The molecule has 0 rings (SSSR count). The van der Waals surface area contributed by atoms with Crippen molar-refractivity contribution in [3.63, 3.8) is 0 Å². The van der Waals surface area contributed by atoms with Gasteiger partial charge in [0, 0.05) is 5.54 Å².